The summed E-state index contributed by atoms with van der Waals surface area (Å²) in [4.78, 5) is 18.5. The molecule has 4 nitrogen and oxygen atoms in total. The van der Waals surface area contributed by atoms with Crippen LogP contribution in [0.4, 0.5) is 0 Å². The summed E-state index contributed by atoms with van der Waals surface area (Å²) in [6, 6.07) is 7.54. The fourth-order valence-electron chi connectivity index (χ4n) is 1.21. The number of fused-ring (bicyclic) bond motifs is 1. The topological polar surface area (TPSA) is 63.1 Å². The predicted octanol–water partition coefficient (Wildman–Crippen LogP) is 1.73. The standard InChI is InChI=1S/C11H8N2O2/c14-11(15)6-5-10-12-7-8-3-1-2-4-9(8)13-10/h1-7H,(H,14,15)/b6-5+. The van der Waals surface area contributed by atoms with Crippen LogP contribution in [0.15, 0.2) is 36.5 Å². The zero-order valence-corrected chi connectivity index (χ0v) is 7.79. The van der Waals surface area contributed by atoms with Crippen LogP contribution in [-0.4, -0.2) is 21.0 Å². The Hall–Kier alpha value is -2.23. The van der Waals surface area contributed by atoms with Gasteiger partial charge in [-0.05, 0) is 12.1 Å². The first kappa shape index (κ1) is 9.33. The Balaban J connectivity index is 2.43. The van der Waals surface area contributed by atoms with E-state index in [4.69, 9.17) is 5.11 Å². The van der Waals surface area contributed by atoms with Crippen molar-refractivity contribution in [2.45, 2.75) is 0 Å². The number of carbonyl (C=O) groups is 1. The van der Waals surface area contributed by atoms with Crippen LogP contribution in [0.25, 0.3) is 17.0 Å². The number of aliphatic carboxylic acids is 1. The SMILES string of the molecule is O=C(O)/C=C/c1ncc2ccccc2n1. The molecule has 0 unspecified atom stereocenters. The lowest BCUT2D eigenvalue weighted by Gasteiger charge is -1.96. The third-order valence-electron chi connectivity index (χ3n) is 1.88. The molecule has 2 aromatic rings. The second-order valence-corrected chi connectivity index (χ2v) is 2.96. The van der Waals surface area contributed by atoms with Gasteiger partial charge in [-0.3, -0.25) is 0 Å². The van der Waals surface area contributed by atoms with Gasteiger partial charge in [-0.2, -0.15) is 0 Å². The first-order valence-corrected chi connectivity index (χ1v) is 4.38. The van der Waals surface area contributed by atoms with E-state index in [-0.39, 0.29) is 0 Å². The Morgan fingerprint density at radius 3 is 2.93 bits per heavy atom. The van der Waals surface area contributed by atoms with Gasteiger partial charge in [0.1, 0.15) is 0 Å². The van der Waals surface area contributed by atoms with E-state index in [1.54, 1.807) is 6.20 Å². The van der Waals surface area contributed by atoms with Crippen LogP contribution >= 0.6 is 0 Å². The maximum absolute atomic E-state index is 10.3. The van der Waals surface area contributed by atoms with Gasteiger partial charge >= 0.3 is 5.97 Å². The summed E-state index contributed by atoms with van der Waals surface area (Å²) in [5.41, 5.74) is 0.803. The number of rotatable bonds is 2. The molecule has 0 fully saturated rings. The molecule has 74 valence electrons. The summed E-state index contributed by atoms with van der Waals surface area (Å²) in [6.07, 6.45) is 4.06. The number of hydrogen-bond donors (Lipinski definition) is 1. The van der Waals surface area contributed by atoms with Gasteiger partial charge in [0.15, 0.2) is 5.82 Å². The highest BCUT2D eigenvalue weighted by molar-refractivity contribution is 5.85. The van der Waals surface area contributed by atoms with Crippen molar-refractivity contribution >= 4 is 22.9 Å². The molecule has 4 heteroatoms. The summed E-state index contributed by atoms with van der Waals surface area (Å²) < 4.78 is 0. The van der Waals surface area contributed by atoms with Crippen LogP contribution in [0.3, 0.4) is 0 Å². The summed E-state index contributed by atoms with van der Waals surface area (Å²) in [7, 11) is 0. The number of nitrogens with zero attached hydrogens (tertiary/aromatic N) is 2. The van der Waals surface area contributed by atoms with E-state index in [1.165, 1.54) is 6.08 Å². The molecule has 1 heterocycles. The summed E-state index contributed by atoms with van der Waals surface area (Å²) in [5, 5.41) is 9.38. The normalized spacial score (nSPS) is 10.9. The van der Waals surface area contributed by atoms with Gasteiger partial charge < -0.3 is 5.11 Å². The fourth-order valence-corrected chi connectivity index (χ4v) is 1.21. The van der Waals surface area contributed by atoms with Gasteiger partial charge in [0, 0.05) is 17.7 Å². The Kier molecular flexibility index (Phi) is 2.41. The van der Waals surface area contributed by atoms with Crippen LogP contribution < -0.4 is 0 Å². The van der Waals surface area contributed by atoms with Crippen LogP contribution in [0.1, 0.15) is 5.82 Å². The Morgan fingerprint density at radius 1 is 1.33 bits per heavy atom. The Morgan fingerprint density at radius 2 is 2.13 bits per heavy atom. The van der Waals surface area contributed by atoms with Crippen molar-refractivity contribution in [3.05, 3.63) is 42.4 Å². The van der Waals surface area contributed by atoms with Gasteiger partial charge in [0.25, 0.3) is 0 Å². The van der Waals surface area contributed by atoms with Gasteiger partial charge in [-0.1, -0.05) is 18.2 Å². The summed E-state index contributed by atoms with van der Waals surface area (Å²) in [5.74, 6) is -0.608. The minimum absolute atomic E-state index is 0.399. The van der Waals surface area contributed by atoms with E-state index >= 15 is 0 Å². The molecule has 0 radical (unpaired) electrons. The fraction of sp³-hybridized carbons (Fsp3) is 0. The molecule has 0 aliphatic rings. The number of para-hydroxylation sites is 1. The summed E-state index contributed by atoms with van der Waals surface area (Å²) in [6.45, 7) is 0. The second kappa shape index (κ2) is 3.88. The highest BCUT2D eigenvalue weighted by Crippen LogP contribution is 2.09. The molecule has 0 atom stereocenters. The number of hydrogen-bond acceptors (Lipinski definition) is 3. The van der Waals surface area contributed by atoms with E-state index in [0.717, 1.165) is 17.0 Å². The number of carboxylic acid groups (broad SMARTS) is 1. The number of carboxylic acids is 1. The van der Waals surface area contributed by atoms with Crippen LogP contribution in [0.5, 0.6) is 0 Å². The van der Waals surface area contributed by atoms with Crippen LogP contribution in [0, 0.1) is 0 Å². The first-order valence-electron chi connectivity index (χ1n) is 4.38. The van der Waals surface area contributed by atoms with Crippen LogP contribution in [-0.2, 0) is 4.79 Å². The largest absolute Gasteiger partial charge is 0.478 e. The molecule has 0 saturated heterocycles. The maximum atomic E-state index is 10.3. The molecule has 0 saturated carbocycles. The molecule has 0 amide bonds. The van der Waals surface area contributed by atoms with E-state index in [9.17, 15) is 4.79 Å². The Labute approximate surface area is 85.9 Å². The smallest absolute Gasteiger partial charge is 0.328 e. The van der Waals surface area contributed by atoms with Gasteiger partial charge in [-0.15, -0.1) is 0 Å². The minimum atomic E-state index is -1.01. The van der Waals surface area contributed by atoms with E-state index in [1.807, 2.05) is 24.3 Å². The van der Waals surface area contributed by atoms with Crippen molar-refractivity contribution in [3.63, 3.8) is 0 Å². The van der Waals surface area contributed by atoms with Crippen molar-refractivity contribution in [2.75, 3.05) is 0 Å². The van der Waals surface area contributed by atoms with E-state index < -0.39 is 5.97 Å². The molecule has 1 N–H and O–H groups in total. The first-order chi connectivity index (χ1) is 7.25. The van der Waals surface area contributed by atoms with Crippen molar-refractivity contribution in [1.29, 1.82) is 0 Å². The zero-order chi connectivity index (χ0) is 10.7. The van der Waals surface area contributed by atoms with E-state index in [2.05, 4.69) is 9.97 Å². The second-order valence-electron chi connectivity index (χ2n) is 2.96. The zero-order valence-electron chi connectivity index (χ0n) is 7.79. The third-order valence-corrected chi connectivity index (χ3v) is 1.88. The molecule has 0 bridgehead atoms. The lowest BCUT2D eigenvalue weighted by molar-refractivity contribution is -0.131. The van der Waals surface area contributed by atoms with Gasteiger partial charge in [0.05, 0.1) is 5.52 Å². The van der Waals surface area contributed by atoms with Gasteiger partial charge in [-0.25, -0.2) is 14.8 Å². The molecule has 0 aliphatic carbocycles. The number of benzene rings is 1. The average Bonchev–Trinajstić information content (AvgIpc) is 2.26. The highest BCUT2D eigenvalue weighted by Gasteiger charge is 1.96. The van der Waals surface area contributed by atoms with Crippen molar-refractivity contribution in [2.24, 2.45) is 0 Å². The van der Waals surface area contributed by atoms with Crippen LogP contribution in [0.2, 0.25) is 0 Å². The summed E-state index contributed by atoms with van der Waals surface area (Å²) >= 11 is 0. The molecule has 15 heavy (non-hydrogen) atoms. The average molecular weight is 200 g/mol. The number of aromatic nitrogens is 2. The van der Waals surface area contributed by atoms with Crippen molar-refractivity contribution in [1.82, 2.24) is 9.97 Å². The Bertz CT molecular complexity index is 535. The van der Waals surface area contributed by atoms with Crippen molar-refractivity contribution in [3.8, 4) is 0 Å². The van der Waals surface area contributed by atoms with Gasteiger partial charge in [0.2, 0.25) is 0 Å². The lowest BCUT2D eigenvalue weighted by atomic mass is 10.2. The lowest BCUT2D eigenvalue weighted by Crippen LogP contribution is -1.90. The maximum Gasteiger partial charge on any atom is 0.328 e. The molecule has 2 rings (SSSR count). The molecule has 0 spiro atoms. The molecule has 1 aromatic heterocycles. The molecule has 0 aliphatic heterocycles. The molecular formula is C11H8N2O2. The highest BCUT2D eigenvalue weighted by atomic mass is 16.4. The molecular weight excluding hydrogens is 192 g/mol. The quantitative estimate of drug-likeness (QED) is 0.750. The van der Waals surface area contributed by atoms with E-state index in [0.29, 0.717) is 5.82 Å². The molecule has 1 aromatic carbocycles. The monoisotopic (exact) mass is 200 g/mol. The third kappa shape index (κ3) is 2.17. The minimum Gasteiger partial charge on any atom is -0.478 e. The predicted molar refractivity (Wildman–Crippen MR) is 56.2 cm³/mol. The van der Waals surface area contributed by atoms with Crippen molar-refractivity contribution < 1.29 is 9.90 Å².